The summed E-state index contributed by atoms with van der Waals surface area (Å²) in [6.07, 6.45) is 2.01. The molecule has 0 N–H and O–H groups in total. The van der Waals surface area contributed by atoms with Crippen LogP contribution in [0.5, 0.6) is 0 Å². The maximum absolute atomic E-state index is 11.7. The molecular formula is C20H20N2O2S. The van der Waals surface area contributed by atoms with E-state index in [1.54, 1.807) is 0 Å². The van der Waals surface area contributed by atoms with E-state index in [4.69, 9.17) is 9.72 Å². The Morgan fingerprint density at radius 3 is 2.52 bits per heavy atom. The lowest BCUT2D eigenvalue weighted by molar-refractivity contribution is -0.139. The number of hydrogen-bond acceptors (Lipinski definition) is 4. The number of ether oxygens (including phenoxy) is 1. The quantitative estimate of drug-likeness (QED) is 0.484. The number of nitrogens with zero attached hydrogens (tertiary/aromatic N) is 2. The van der Waals surface area contributed by atoms with Crippen LogP contribution in [0.4, 0.5) is 0 Å². The first-order valence-electron chi connectivity index (χ1n) is 8.17. The van der Waals surface area contributed by atoms with Crippen molar-refractivity contribution < 1.29 is 9.53 Å². The molecule has 5 heteroatoms. The predicted octanol–water partition coefficient (Wildman–Crippen LogP) is 4.50. The number of thioether (sulfide) groups is 1. The van der Waals surface area contributed by atoms with Crippen LogP contribution in [-0.4, -0.2) is 27.9 Å². The van der Waals surface area contributed by atoms with E-state index in [9.17, 15) is 4.79 Å². The second-order valence-corrected chi connectivity index (χ2v) is 6.52. The normalized spacial score (nSPS) is 10.6. The standard InChI is InChI=1S/C20H20N2O2S/c1-3-24-19(23)14-25-20-21-18(16-11-9-15(2)10-12-16)13-22(20)17-7-5-4-6-8-17/h4-13H,3,14H2,1-2H3. The molecule has 0 saturated heterocycles. The summed E-state index contributed by atoms with van der Waals surface area (Å²) in [6, 6.07) is 18.3. The van der Waals surface area contributed by atoms with E-state index < -0.39 is 0 Å². The van der Waals surface area contributed by atoms with Crippen molar-refractivity contribution in [3.05, 3.63) is 66.4 Å². The predicted molar refractivity (Wildman–Crippen MR) is 101 cm³/mol. The molecule has 25 heavy (non-hydrogen) atoms. The fraction of sp³-hybridized carbons (Fsp3) is 0.200. The fourth-order valence-electron chi connectivity index (χ4n) is 2.43. The smallest absolute Gasteiger partial charge is 0.316 e. The summed E-state index contributed by atoms with van der Waals surface area (Å²) in [7, 11) is 0. The van der Waals surface area contributed by atoms with Gasteiger partial charge in [0.05, 0.1) is 18.1 Å². The first-order chi connectivity index (χ1) is 12.2. The van der Waals surface area contributed by atoms with Gasteiger partial charge in [0.25, 0.3) is 0 Å². The Kier molecular flexibility index (Phi) is 5.56. The van der Waals surface area contributed by atoms with E-state index in [1.165, 1.54) is 17.3 Å². The number of esters is 1. The molecule has 0 aliphatic carbocycles. The number of carbonyl (C=O) groups excluding carboxylic acids is 1. The number of carbonyl (C=O) groups is 1. The lowest BCUT2D eigenvalue weighted by atomic mass is 10.1. The van der Waals surface area contributed by atoms with E-state index in [1.807, 2.05) is 48.0 Å². The minimum atomic E-state index is -0.230. The molecule has 128 valence electrons. The van der Waals surface area contributed by atoms with E-state index in [2.05, 4.69) is 31.2 Å². The van der Waals surface area contributed by atoms with Crippen LogP contribution in [-0.2, 0) is 9.53 Å². The Hall–Kier alpha value is -2.53. The van der Waals surface area contributed by atoms with Crippen molar-refractivity contribution in [1.29, 1.82) is 0 Å². The molecule has 0 bridgehead atoms. The number of aryl methyl sites for hydroxylation is 1. The van der Waals surface area contributed by atoms with E-state index in [0.29, 0.717) is 6.61 Å². The van der Waals surface area contributed by atoms with Crippen LogP contribution in [0.2, 0.25) is 0 Å². The van der Waals surface area contributed by atoms with Crippen LogP contribution in [0, 0.1) is 6.92 Å². The van der Waals surface area contributed by atoms with Crippen LogP contribution in [0.3, 0.4) is 0 Å². The van der Waals surface area contributed by atoms with E-state index in [0.717, 1.165) is 22.1 Å². The first kappa shape index (κ1) is 17.3. The SMILES string of the molecule is CCOC(=O)CSc1nc(-c2ccc(C)cc2)cn1-c1ccccc1. The number of rotatable bonds is 6. The van der Waals surface area contributed by atoms with Gasteiger partial charge in [-0.25, -0.2) is 4.98 Å². The van der Waals surface area contributed by atoms with Gasteiger partial charge in [0.2, 0.25) is 0 Å². The van der Waals surface area contributed by atoms with Crippen molar-refractivity contribution in [1.82, 2.24) is 9.55 Å². The molecule has 0 spiro atoms. The van der Waals surface area contributed by atoms with Gasteiger partial charge in [-0.15, -0.1) is 0 Å². The van der Waals surface area contributed by atoms with Gasteiger partial charge < -0.3 is 4.74 Å². The van der Waals surface area contributed by atoms with Crippen LogP contribution in [0.15, 0.2) is 66.0 Å². The van der Waals surface area contributed by atoms with Crippen molar-refractivity contribution >= 4 is 17.7 Å². The molecule has 0 atom stereocenters. The molecule has 0 aliphatic heterocycles. The second-order valence-electron chi connectivity index (χ2n) is 5.57. The van der Waals surface area contributed by atoms with Gasteiger partial charge in [-0.3, -0.25) is 9.36 Å². The van der Waals surface area contributed by atoms with Crippen LogP contribution < -0.4 is 0 Å². The maximum atomic E-state index is 11.7. The van der Waals surface area contributed by atoms with Crippen molar-refractivity contribution in [2.24, 2.45) is 0 Å². The average Bonchev–Trinajstić information content (AvgIpc) is 3.06. The topological polar surface area (TPSA) is 44.1 Å². The third kappa shape index (κ3) is 4.31. The van der Waals surface area contributed by atoms with Crippen LogP contribution in [0.25, 0.3) is 16.9 Å². The number of benzene rings is 2. The fourth-order valence-corrected chi connectivity index (χ4v) is 3.22. The van der Waals surface area contributed by atoms with Crippen LogP contribution in [0.1, 0.15) is 12.5 Å². The Morgan fingerprint density at radius 2 is 1.84 bits per heavy atom. The second kappa shape index (κ2) is 8.03. The third-order valence-electron chi connectivity index (χ3n) is 3.68. The molecule has 0 saturated carbocycles. The molecule has 0 fully saturated rings. The Balaban J connectivity index is 1.93. The molecule has 4 nitrogen and oxygen atoms in total. The van der Waals surface area contributed by atoms with Gasteiger partial charge >= 0.3 is 5.97 Å². The molecule has 0 amide bonds. The highest BCUT2D eigenvalue weighted by Crippen LogP contribution is 2.27. The summed E-state index contributed by atoms with van der Waals surface area (Å²) in [5.41, 5.74) is 4.16. The summed E-state index contributed by atoms with van der Waals surface area (Å²) in [5.74, 6) is 0.0115. The average molecular weight is 352 g/mol. The lowest BCUT2D eigenvalue weighted by Crippen LogP contribution is -2.07. The Bertz CT molecular complexity index is 842. The van der Waals surface area contributed by atoms with Crippen molar-refractivity contribution in [2.75, 3.05) is 12.4 Å². The Morgan fingerprint density at radius 1 is 1.12 bits per heavy atom. The summed E-state index contributed by atoms with van der Waals surface area (Å²) >= 11 is 1.39. The van der Waals surface area contributed by atoms with Crippen molar-refractivity contribution in [3.63, 3.8) is 0 Å². The van der Waals surface area contributed by atoms with E-state index in [-0.39, 0.29) is 11.7 Å². The number of imidazole rings is 1. The number of para-hydroxylation sites is 1. The van der Waals surface area contributed by atoms with Gasteiger partial charge in [0.1, 0.15) is 0 Å². The number of aromatic nitrogens is 2. The summed E-state index contributed by atoms with van der Waals surface area (Å²) in [6.45, 7) is 4.26. The third-order valence-corrected chi connectivity index (χ3v) is 4.61. The highest BCUT2D eigenvalue weighted by Gasteiger charge is 2.14. The van der Waals surface area contributed by atoms with E-state index >= 15 is 0 Å². The van der Waals surface area contributed by atoms with Crippen molar-refractivity contribution in [3.8, 4) is 16.9 Å². The van der Waals surface area contributed by atoms with Crippen LogP contribution >= 0.6 is 11.8 Å². The van der Waals surface area contributed by atoms with Gasteiger partial charge in [0, 0.05) is 17.4 Å². The molecule has 0 unspecified atom stereocenters. The zero-order valence-electron chi connectivity index (χ0n) is 14.3. The molecular weight excluding hydrogens is 332 g/mol. The van der Waals surface area contributed by atoms with Gasteiger partial charge in [-0.1, -0.05) is 59.8 Å². The molecule has 3 aromatic rings. The molecule has 0 aliphatic rings. The summed E-state index contributed by atoms with van der Waals surface area (Å²) in [4.78, 5) is 16.4. The van der Waals surface area contributed by atoms with Crippen molar-refractivity contribution in [2.45, 2.75) is 19.0 Å². The summed E-state index contributed by atoms with van der Waals surface area (Å²) in [5, 5.41) is 0.773. The highest BCUT2D eigenvalue weighted by molar-refractivity contribution is 7.99. The first-order valence-corrected chi connectivity index (χ1v) is 9.16. The Labute approximate surface area is 151 Å². The molecule has 1 aromatic heterocycles. The van der Waals surface area contributed by atoms with Gasteiger partial charge in [0.15, 0.2) is 5.16 Å². The number of hydrogen-bond donors (Lipinski definition) is 0. The zero-order chi connectivity index (χ0) is 17.6. The largest absolute Gasteiger partial charge is 0.465 e. The molecule has 3 rings (SSSR count). The maximum Gasteiger partial charge on any atom is 0.316 e. The zero-order valence-corrected chi connectivity index (χ0v) is 15.1. The minimum Gasteiger partial charge on any atom is -0.465 e. The molecule has 0 radical (unpaired) electrons. The molecule has 2 aromatic carbocycles. The van der Waals surface area contributed by atoms with Gasteiger partial charge in [-0.05, 0) is 26.0 Å². The summed E-state index contributed by atoms with van der Waals surface area (Å²) < 4.78 is 7.03. The lowest BCUT2D eigenvalue weighted by Gasteiger charge is -2.06. The molecule has 1 heterocycles. The minimum absolute atomic E-state index is 0.230. The van der Waals surface area contributed by atoms with Gasteiger partial charge in [-0.2, -0.15) is 0 Å². The highest BCUT2D eigenvalue weighted by atomic mass is 32.2. The monoisotopic (exact) mass is 352 g/mol.